The van der Waals surface area contributed by atoms with Crippen molar-refractivity contribution in [3.63, 3.8) is 0 Å². The van der Waals surface area contributed by atoms with Crippen molar-refractivity contribution >= 4 is 11.8 Å². The summed E-state index contributed by atoms with van der Waals surface area (Å²) in [6.45, 7) is 1.16. The Labute approximate surface area is 89.7 Å². The molecule has 0 aromatic carbocycles. The zero-order valence-corrected chi connectivity index (χ0v) is 8.82. The van der Waals surface area contributed by atoms with Crippen molar-refractivity contribution in [1.82, 2.24) is 9.97 Å². The van der Waals surface area contributed by atoms with Crippen molar-refractivity contribution in [2.75, 3.05) is 24.2 Å². The number of hydrogen-bond donors (Lipinski definition) is 3. The van der Waals surface area contributed by atoms with E-state index in [1.807, 2.05) is 0 Å². The van der Waals surface area contributed by atoms with Gasteiger partial charge in [-0.3, -0.25) is 0 Å². The molecule has 0 fully saturated rings. The Bertz CT molecular complexity index is 280. The molecule has 15 heavy (non-hydrogen) atoms. The number of nitrogens with two attached hydrogens (primary N) is 1. The Morgan fingerprint density at radius 3 is 2.80 bits per heavy atom. The Kier molecular flexibility index (Phi) is 5.47. The first-order valence-electron chi connectivity index (χ1n) is 5.26. The van der Waals surface area contributed by atoms with Gasteiger partial charge >= 0.3 is 0 Å². The van der Waals surface area contributed by atoms with E-state index in [4.69, 9.17) is 10.8 Å². The Balaban J connectivity index is 2.10. The summed E-state index contributed by atoms with van der Waals surface area (Å²) in [5, 5.41) is 11.8. The van der Waals surface area contributed by atoms with Crippen molar-refractivity contribution in [3.8, 4) is 0 Å². The van der Waals surface area contributed by atoms with Gasteiger partial charge in [-0.15, -0.1) is 0 Å². The molecule has 0 atom stereocenters. The molecular weight excluding hydrogens is 192 g/mol. The topological polar surface area (TPSA) is 84.1 Å². The quantitative estimate of drug-likeness (QED) is 0.585. The second kappa shape index (κ2) is 7.00. The Morgan fingerprint density at radius 2 is 2.07 bits per heavy atom. The first-order chi connectivity index (χ1) is 7.33. The number of aliphatic hydroxyl groups is 1. The van der Waals surface area contributed by atoms with E-state index in [-0.39, 0.29) is 6.61 Å². The summed E-state index contributed by atoms with van der Waals surface area (Å²) in [4.78, 5) is 7.83. The molecule has 0 spiro atoms. The van der Waals surface area contributed by atoms with Crippen LogP contribution in [0.3, 0.4) is 0 Å². The minimum atomic E-state index is 0.288. The number of nitrogens with one attached hydrogen (secondary N) is 1. The van der Waals surface area contributed by atoms with Crippen LogP contribution in [0.2, 0.25) is 0 Å². The minimum Gasteiger partial charge on any atom is -0.396 e. The summed E-state index contributed by atoms with van der Waals surface area (Å²) in [7, 11) is 0. The normalized spacial score (nSPS) is 10.2. The molecule has 1 aromatic rings. The van der Waals surface area contributed by atoms with Gasteiger partial charge in [0.1, 0.15) is 5.82 Å². The third kappa shape index (κ3) is 5.17. The zero-order valence-electron chi connectivity index (χ0n) is 8.82. The van der Waals surface area contributed by atoms with Gasteiger partial charge in [0.15, 0.2) is 0 Å². The fraction of sp³-hybridized carbons (Fsp3) is 0.600. The number of rotatable bonds is 7. The third-order valence-corrected chi connectivity index (χ3v) is 2.07. The molecule has 0 amide bonds. The highest BCUT2D eigenvalue weighted by Crippen LogP contribution is 2.04. The molecule has 1 aromatic heterocycles. The number of nitrogens with zero attached hydrogens (tertiary/aromatic N) is 2. The average molecular weight is 210 g/mol. The van der Waals surface area contributed by atoms with E-state index in [1.165, 1.54) is 0 Å². The van der Waals surface area contributed by atoms with E-state index in [1.54, 1.807) is 12.3 Å². The monoisotopic (exact) mass is 210 g/mol. The predicted molar refractivity (Wildman–Crippen MR) is 60.5 cm³/mol. The van der Waals surface area contributed by atoms with Crippen LogP contribution in [0.1, 0.15) is 25.7 Å². The molecule has 1 rings (SSSR count). The first-order valence-corrected chi connectivity index (χ1v) is 5.26. The van der Waals surface area contributed by atoms with Crippen molar-refractivity contribution < 1.29 is 5.11 Å². The van der Waals surface area contributed by atoms with Crippen molar-refractivity contribution in [1.29, 1.82) is 0 Å². The van der Waals surface area contributed by atoms with Crippen LogP contribution in [0.25, 0.3) is 0 Å². The molecule has 0 aliphatic heterocycles. The molecule has 1 heterocycles. The maximum atomic E-state index is 8.58. The van der Waals surface area contributed by atoms with Gasteiger partial charge in [0.05, 0.1) is 0 Å². The van der Waals surface area contributed by atoms with Crippen LogP contribution >= 0.6 is 0 Å². The van der Waals surface area contributed by atoms with Gasteiger partial charge in [0.2, 0.25) is 5.95 Å². The van der Waals surface area contributed by atoms with Gasteiger partial charge < -0.3 is 16.2 Å². The zero-order chi connectivity index (χ0) is 10.9. The molecule has 0 saturated heterocycles. The summed E-state index contributed by atoms with van der Waals surface area (Å²) in [5.74, 6) is 1.06. The lowest BCUT2D eigenvalue weighted by Gasteiger charge is -2.04. The SMILES string of the molecule is Nc1nccc(NCCCCCCO)n1. The highest BCUT2D eigenvalue weighted by atomic mass is 16.2. The summed E-state index contributed by atoms with van der Waals surface area (Å²) >= 11 is 0. The molecule has 0 radical (unpaired) electrons. The summed E-state index contributed by atoms with van der Waals surface area (Å²) in [5.41, 5.74) is 5.44. The van der Waals surface area contributed by atoms with Gasteiger partial charge in [0.25, 0.3) is 0 Å². The molecular formula is C10H18N4O. The van der Waals surface area contributed by atoms with Crippen LogP contribution in [0.5, 0.6) is 0 Å². The van der Waals surface area contributed by atoms with Crippen LogP contribution in [0.15, 0.2) is 12.3 Å². The van der Waals surface area contributed by atoms with Crippen LogP contribution in [0, 0.1) is 0 Å². The van der Waals surface area contributed by atoms with E-state index < -0.39 is 0 Å². The second-order valence-electron chi connectivity index (χ2n) is 3.36. The fourth-order valence-corrected chi connectivity index (χ4v) is 1.28. The number of nitrogen functional groups attached to an aromatic ring is 1. The van der Waals surface area contributed by atoms with E-state index >= 15 is 0 Å². The van der Waals surface area contributed by atoms with Gasteiger partial charge in [0, 0.05) is 19.3 Å². The standard InChI is InChI=1S/C10H18N4O/c11-10-13-7-5-9(14-10)12-6-3-1-2-4-8-15/h5,7,15H,1-4,6,8H2,(H3,11,12,13,14). The maximum absolute atomic E-state index is 8.58. The number of unbranched alkanes of at least 4 members (excludes halogenated alkanes) is 3. The lowest BCUT2D eigenvalue weighted by molar-refractivity contribution is 0.283. The van der Waals surface area contributed by atoms with E-state index in [0.717, 1.165) is 38.0 Å². The number of hydrogen-bond acceptors (Lipinski definition) is 5. The van der Waals surface area contributed by atoms with Crippen LogP contribution in [0.4, 0.5) is 11.8 Å². The largest absolute Gasteiger partial charge is 0.396 e. The number of aromatic nitrogens is 2. The third-order valence-electron chi connectivity index (χ3n) is 2.07. The maximum Gasteiger partial charge on any atom is 0.221 e. The lowest BCUT2D eigenvalue weighted by atomic mass is 10.2. The molecule has 5 nitrogen and oxygen atoms in total. The molecule has 0 aliphatic carbocycles. The minimum absolute atomic E-state index is 0.288. The fourth-order valence-electron chi connectivity index (χ4n) is 1.28. The molecule has 5 heteroatoms. The molecule has 0 saturated carbocycles. The van der Waals surface area contributed by atoms with Gasteiger partial charge in [-0.2, -0.15) is 4.98 Å². The number of anilines is 2. The second-order valence-corrected chi connectivity index (χ2v) is 3.36. The van der Waals surface area contributed by atoms with Crippen LogP contribution in [-0.2, 0) is 0 Å². The highest BCUT2D eigenvalue weighted by molar-refractivity contribution is 5.36. The van der Waals surface area contributed by atoms with Crippen molar-refractivity contribution in [2.45, 2.75) is 25.7 Å². The van der Waals surface area contributed by atoms with E-state index in [9.17, 15) is 0 Å². The van der Waals surface area contributed by atoms with Crippen molar-refractivity contribution in [3.05, 3.63) is 12.3 Å². The van der Waals surface area contributed by atoms with E-state index in [2.05, 4.69) is 15.3 Å². The average Bonchev–Trinajstić information content (AvgIpc) is 2.23. The summed E-state index contributed by atoms with van der Waals surface area (Å²) < 4.78 is 0. The predicted octanol–water partition coefficient (Wildman–Crippen LogP) is 1.02. The molecule has 0 unspecified atom stereocenters. The summed E-state index contributed by atoms with van der Waals surface area (Å²) in [6, 6.07) is 1.80. The molecule has 0 bridgehead atoms. The van der Waals surface area contributed by atoms with Crippen LogP contribution < -0.4 is 11.1 Å². The first kappa shape index (κ1) is 11.7. The van der Waals surface area contributed by atoms with E-state index in [0.29, 0.717) is 5.95 Å². The van der Waals surface area contributed by atoms with Crippen LogP contribution in [-0.4, -0.2) is 28.2 Å². The molecule has 0 aliphatic rings. The molecule has 84 valence electrons. The van der Waals surface area contributed by atoms with Gasteiger partial charge in [-0.05, 0) is 18.9 Å². The summed E-state index contributed by atoms with van der Waals surface area (Å²) in [6.07, 6.45) is 5.79. The van der Waals surface area contributed by atoms with Crippen molar-refractivity contribution in [2.24, 2.45) is 0 Å². The van der Waals surface area contributed by atoms with Gasteiger partial charge in [-0.25, -0.2) is 4.98 Å². The molecule has 4 N–H and O–H groups in total. The number of aliphatic hydroxyl groups excluding tert-OH is 1. The highest BCUT2D eigenvalue weighted by Gasteiger charge is 1.94. The lowest BCUT2D eigenvalue weighted by Crippen LogP contribution is -2.05. The smallest absolute Gasteiger partial charge is 0.221 e. The van der Waals surface area contributed by atoms with Gasteiger partial charge in [-0.1, -0.05) is 12.8 Å². The Hall–Kier alpha value is -1.36. The Morgan fingerprint density at radius 1 is 1.27 bits per heavy atom.